The van der Waals surface area contributed by atoms with Crippen molar-refractivity contribution in [3.63, 3.8) is 0 Å². The van der Waals surface area contributed by atoms with Gasteiger partial charge in [-0.1, -0.05) is 6.92 Å². The van der Waals surface area contributed by atoms with E-state index in [1.54, 1.807) is 6.92 Å². The lowest BCUT2D eigenvalue weighted by molar-refractivity contribution is -0.237. The summed E-state index contributed by atoms with van der Waals surface area (Å²) in [7, 11) is 0. The lowest BCUT2D eigenvalue weighted by Crippen LogP contribution is -2.40. The van der Waals surface area contributed by atoms with E-state index in [0.717, 1.165) is 0 Å². The summed E-state index contributed by atoms with van der Waals surface area (Å²) in [5.41, 5.74) is 0. The van der Waals surface area contributed by atoms with Gasteiger partial charge in [0, 0.05) is 0 Å². The molecule has 0 amide bonds. The van der Waals surface area contributed by atoms with Crippen LogP contribution in [0.1, 0.15) is 6.92 Å². The van der Waals surface area contributed by atoms with Crippen molar-refractivity contribution in [2.75, 3.05) is 13.2 Å². The van der Waals surface area contributed by atoms with E-state index in [-0.39, 0.29) is 6.61 Å². The van der Waals surface area contributed by atoms with Crippen LogP contribution in [0.3, 0.4) is 0 Å². The lowest BCUT2D eigenvalue weighted by atomic mass is 10.3. The molecule has 0 rings (SSSR count). The molecule has 0 bridgehead atoms. The van der Waals surface area contributed by atoms with Gasteiger partial charge < -0.3 is 10.4 Å². The third kappa shape index (κ3) is 2.77. The fourth-order valence-electron chi connectivity index (χ4n) is 0.532. The minimum absolute atomic E-state index is 0.382. The molecule has 0 saturated heterocycles. The molecule has 5 heteroatoms. The van der Waals surface area contributed by atoms with Crippen molar-refractivity contribution < 1.29 is 20.0 Å². The number of hydrogen-bond donors (Lipinski definition) is 3. The van der Waals surface area contributed by atoms with Crippen LogP contribution < -0.4 is 5.32 Å². The van der Waals surface area contributed by atoms with Gasteiger partial charge in [0.05, 0.1) is 6.61 Å². The standard InChI is InChI=1S/C5H11NO4/c1-2-6-4(3-7)5(8)10-9/h4,6-7,9H,2-3H2,1H3. The van der Waals surface area contributed by atoms with Crippen molar-refractivity contribution in [1.29, 1.82) is 0 Å². The van der Waals surface area contributed by atoms with Gasteiger partial charge in [-0.05, 0) is 6.54 Å². The number of carbonyl (C=O) groups excluding carboxylic acids is 1. The molecule has 1 atom stereocenters. The number of carbonyl (C=O) groups is 1. The Kier molecular flexibility index (Phi) is 4.82. The highest BCUT2D eigenvalue weighted by Gasteiger charge is 2.16. The topological polar surface area (TPSA) is 78.8 Å². The summed E-state index contributed by atoms with van der Waals surface area (Å²) in [5, 5.41) is 18.9. The van der Waals surface area contributed by atoms with Crippen LogP contribution in [0.5, 0.6) is 0 Å². The Bertz CT molecular complexity index is 106. The molecular weight excluding hydrogens is 138 g/mol. The predicted octanol–water partition coefficient (Wildman–Crippen LogP) is -1.03. The van der Waals surface area contributed by atoms with E-state index in [1.165, 1.54) is 0 Å². The van der Waals surface area contributed by atoms with E-state index < -0.39 is 12.0 Å². The van der Waals surface area contributed by atoms with Gasteiger partial charge in [0.15, 0.2) is 0 Å². The third-order valence-electron chi connectivity index (χ3n) is 1.01. The van der Waals surface area contributed by atoms with Crippen molar-refractivity contribution >= 4 is 5.97 Å². The number of aliphatic hydroxyl groups excluding tert-OH is 1. The van der Waals surface area contributed by atoms with Crippen LogP contribution in [0.4, 0.5) is 0 Å². The van der Waals surface area contributed by atoms with Gasteiger partial charge in [0.1, 0.15) is 6.04 Å². The molecule has 0 spiro atoms. The van der Waals surface area contributed by atoms with Gasteiger partial charge in [-0.15, -0.1) is 0 Å². The molecule has 0 radical (unpaired) electrons. The van der Waals surface area contributed by atoms with Crippen molar-refractivity contribution in [2.24, 2.45) is 0 Å². The van der Waals surface area contributed by atoms with Crippen molar-refractivity contribution in [3.8, 4) is 0 Å². The van der Waals surface area contributed by atoms with Crippen LogP contribution in [0.2, 0.25) is 0 Å². The lowest BCUT2D eigenvalue weighted by Gasteiger charge is -2.09. The zero-order valence-electron chi connectivity index (χ0n) is 5.70. The van der Waals surface area contributed by atoms with E-state index in [2.05, 4.69) is 10.2 Å². The molecule has 10 heavy (non-hydrogen) atoms. The fourth-order valence-corrected chi connectivity index (χ4v) is 0.532. The first-order valence-electron chi connectivity index (χ1n) is 2.95. The van der Waals surface area contributed by atoms with E-state index in [4.69, 9.17) is 10.4 Å². The Hall–Kier alpha value is -0.650. The highest BCUT2D eigenvalue weighted by Crippen LogP contribution is 1.84. The van der Waals surface area contributed by atoms with Gasteiger partial charge in [0.25, 0.3) is 0 Å². The molecule has 0 aromatic rings. The van der Waals surface area contributed by atoms with Crippen LogP contribution in [0.15, 0.2) is 0 Å². The SMILES string of the molecule is CCNC(CO)C(=O)OO. The molecule has 5 nitrogen and oxygen atoms in total. The average molecular weight is 149 g/mol. The molecule has 0 heterocycles. The molecule has 0 aromatic heterocycles. The maximum atomic E-state index is 10.4. The molecular formula is C5H11NO4. The van der Waals surface area contributed by atoms with E-state index >= 15 is 0 Å². The molecule has 0 aliphatic rings. The maximum absolute atomic E-state index is 10.4. The number of hydrogen-bond acceptors (Lipinski definition) is 5. The largest absolute Gasteiger partial charge is 0.394 e. The van der Waals surface area contributed by atoms with Gasteiger partial charge in [-0.3, -0.25) is 4.89 Å². The Morgan fingerprint density at radius 3 is 2.70 bits per heavy atom. The second-order valence-corrected chi connectivity index (χ2v) is 1.70. The molecule has 0 fully saturated rings. The smallest absolute Gasteiger partial charge is 0.361 e. The minimum atomic E-state index is -0.871. The van der Waals surface area contributed by atoms with Crippen LogP contribution in [0, 0.1) is 0 Å². The molecule has 0 aliphatic heterocycles. The minimum Gasteiger partial charge on any atom is -0.394 e. The second kappa shape index (κ2) is 5.16. The quantitative estimate of drug-likeness (QED) is 0.352. The molecule has 0 saturated carbocycles. The van der Waals surface area contributed by atoms with Gasteiger partial charge in [-0.25, -0.2) is 4.79 Å². The van der Waals surface area contributed by atoms with Crippen LogP contribution in [-0.2, 0) is 9.68 Å². The van der Waals surface area contributed by atoms with Crippen LogP contribution >= 0.6 is 0 Å². The molecule has 0 aromatic carbocycles. The van der Waals surface area contributed by atoms with Crippen molar-refractivity contribution in [3.05, 3.63) is 0 Å². The normalized spacial score (nSPS) is 12.7. The Morgan fingerprint density at radius 1 is 1.80 bits per heavy atom. The van der Waals surface area contributed by atoms with E-state index in [1.807, 2.05) is 0 Å². The summed E-state index contributed by atoms with van der Waals surface area (Å²) < 4.78 is 0. The predicted molar refractivity (Wildman–Crippen MR) is 33.3 cm³/mol. The first kappa shape index (κ1) is 9.35. The number of aliphatic hydroxyl groups is 1. The number of likely N-dealkylation sites (N-methyl/N-ethyl adjacent to an activating group) is 1. The third-order valence-corrected chi connectivity index (χ3v) is 1.01. The molecule has 1 unspecified atom stereocenters. The Morgan fingerprint density at radius 2 is 2.40 bits per heavy atom. The average Bonchev–Trinajstić information content (AvgIpc) is 1.99. The van der Waals surface area contributed by atoms with Crippen molar-refractivity contribution in [1.82, 2.24) is 5.32 Å². The Labute approximate surface area is 58.5 Å². The summed E-state index contributed by atoms with van der Waals surface area (Å²) in [6.45, 7) is 1.92. The van der Waals surface area contributed by atoms with Gasteiger partial charge in [-0.2, -0.15) is 5.26 Å². The summed E-state index contributed by atoms with van der Waals surface area (Å²) in [6, 6.07) is -0.824. The van der Waals surface area contributed by atoms with Gasteiger partial charge in [0.2, 0.25) is 0 Å². The number of nitrogens with one attached hydrogen (secondary N) is 1. The van der Waals surface area contributed by atoms with Crippen LogP contribution in [0.25, 0.3) is 0 Å². The summed E-state index contributed by atoms with van der Waals surface area (Å²) in [4.78, 5) is 13.8. The monoisotopic (exact) mass is 149 g/mol. The fraction of sp³-hybridized carbons (Fsp3) is 0.800. The maximum Gasteiger partial charge on any atom is 0.361 e. The van der Waals surface area contributed by atoms with E-state index in [0.29, 0.717) is 6.54 Å². The summed E-state index contributed by atoms with van der Waals surface area (Å²) in [6.07, 6.45) is 0. The molecule has 0 aliphatic carbocycles. The number of rotatable bonds is 4. The zero-order chi connectivity index (χ0) is 7.98. The molecule has 3 N–H and O–H groups in total. The van der Waals surface area contributed by atoms with E-state index in [9.17, 15) is 4.79 Å². The highest BCUT2D eigenvalue weighted by atomic mass is 17.1. The molecule has 60 valence electrons. The Balaban J connectivity index is 3.68. The second-order valence-electron chi connectivity index (χ2n) is 1.70. The van der Waals surface area contributed by atoms with Crippen LogP contribution in [-0.4, -0.2) is 35.5 Å². The highest BCUT2D eigenvalue weighted by molar-refractivity contribution is 5.75. The zero-order valence-corrected chi connectivity index (χ0v) is 5.70. The van der Waals surface area contributed by atoms with Gasteiger partial charge >= 0.3 is 5.97 Å². The first-order valence-corrected chi connectivity index (χ1v) is 2.95. The summed E-state index contributed by atoms with van der Waals surface area (Å²) >= 11 is 0. The summed E-state index contributed by atoms with van der Waals surface area (Å²) in [5.74, 6) is -0.871. The van der Waals surface area contributed by atoms with Crippen molar-refractivity contribution in [2.45, 2.75) is 13.0 Å². The first-order chi connectivity index (χ1) is 4.76.